The van der Waals surface area contributed by atoms with Gasteiger partial charge in [0.1, 0.15) is 23.9 Å². The van der Waals surface area contributed by atoms with Crippen LogP contribution in [-0.2, 0) is 6.54 Å². The maximum Gasteiger partial charge on any atom is 0.259 e. The summed E-state index contributed by atoms with van der Waals surface area (Å²) in [5.74, 6) is -0.817. The van der Waals surface area contributed by atoms with Crippen LogP contribution in [0.5, 0.6) is 0 Å². The molecule has 1 amide bonds. The zero-order valence-electron chi connectivity index (χ0n) is 18.0. The van der Waals surface area contributed by atoms with E-state index < -0.39 is 24.7 Å². The lowest BCUT2D eigenvalue weighted by Crippen LogP contribution is -2.16. The lowest BCUT2D eigenvalue weighted by molar-refractivity contribution is 0.102. The maximum absolute atomic E-state index is 14.7. The Morgan fingerprint density at radius 3 is 2.85 bits per heavy atom. The van der Waals surface area contributed by atoms with Crippen LogP contribution in [0, 0.1) is 12.7 Å². The standard InChI is InChI=1S/C22H19F3N8O/c1-12-7-15(23)14(8-18(12)32-9-17(26-11-32)13-5-6-13)22(34)28-20-4-2-3-16(27-20)21-29-30-31-33(21)10-19(24)25/h2-4,7-9,11,13,19H,5-6,10H2,1H3,(H,27,28,34). The molecule has 3 aromatic heterocycles. The molecule has 1 saturated carbocycles. The van der Waals surface area contributed by atoms with Crippen LogP contribution < -0.4 is 5.32 Å². The fourth-order valence-corrected chi connectivity index (χ4v) is 3.63. The van der Waals surface area contributed by atoms with E-state index in [-0.39, 0.29) is 22.9 Å². The summed E-state index contributed by atoms with van der Waals surface area (Å²) in [5, 5.41) is 13.2. The minimum atomic E-state index is -2.65. The number of carbonyl (C=O) groups is 1. The highest BCUT2D eigenvalue weighted by Gasteiger charge is 2.26. The number of aromatic nitrogens is 7. The fraction of sp³-hybridized carbons (Fsp3) is 0.273. The Balaban J connectivity index is 1.40. The molecule has 0 unspecified atom stereocenters. The van der Waals surface area contributed by atoms with Gasteiger partial charge < -0.3 is 9.88 Å². The molecule has 1 aromatic carbocycles. The highest BCUT2D eigenvalue weighted by molar-refractivity contribution is 6.04. The van der Waals surface area contributed by atoms with Crippen LogP contribution in [0.4, 0.5) is 19.0 Å². The van der Waals surface area contributed by atoms with E-state index in [0.29, 0.717) is 17.2 Å². The van der Waals surface area contributed by atoms with Gasteiger partial charge in [0.2, 0.25) is 5.82 Å². The van der Waals surface area contributed by atoms with Crippen molar-refractivity contribution in [2.45, 2.75) is 38.7 Å². The third-order valence-electron chi connectivity index (χ3n) is 5.47. The molecule has 34 heavy (non-hydrogen) atoms. The van der Waals surface area contributed by atoms with Crippen LogP contribution in [0.25, 0.3) is 17.2 Å². The van der Waals surface area contributed by atoms with E-state index in [1.165, 1.54) is 24.3 Å². The number of alkyl halides is 2. The number of amides is 1. The largest absolute Gasteiger partial charge is 0.306 e. The summed E-state index contributed by atoms with van der Waals surface area (Å²) >= 11 is 0. The number of anilines is 1. The van der Waals surface area contributed by atoms with E-state index in [1.54, 1.807) is 23.9 Å². The monoisotopic (exact) mass is 468 g/mol. The molecule has 0 saturated heterocycles. The van der Waals surface area contributed by atoms with Gasteiger partial charge in [0, 0.05) is 12.1 Å². The fourth-order valence-electron chi connectivity index (χ4n) is 3.63. The zero-order chi connectivity index (χ0) is 23.8. The molecule has 1 N–H and O–H groups in total. The van der Waals surface area contributed by atoms with E-state index in [4.69, 9.17) is 0 Å². The molecule has 5 rings (SSSR count). The number of carbonyl (C=O) groups excluding carboxylic acids is 1. The van der Waals surface area contributed by atoms with Gasteiger partial charge in [0.15, 0.2) is 0 Å². The molecule has 0 aliphatic heterocycles. The van der Waals surface area contributed by atoms with Crippen molar-refractivity contribution in [3.05, 3.63) is 65.5 Å². The van der Waals surface area contributed by atoms with Crippen LogP contribution in [-0.4, -0.2) is 47.1 Å². The van der Waals surface area contributed by atoms with Crippen LogP contribution in [0.15, 0.2) is 42.9 Å². The summed E-state index contributed by atoms with van der Waals surface area (Å²) in [6.45, 7) is 1.06. The summed E-state index contributed by atoms with van der Waals surface area (Å²) in [7, 11) is 0. The van der Waals surface area contributed by atoms with Crippen molar-refractivity contribution in [1.29, 1.82) is 0 Å². The Kier molecular flexibility index (Phi) is 5.56. The highest BCUT2D eigenvalue weighted by Crippen LogP contribution is 2.39. The number of hydrogen-bond acceptors (Lipinski definition) is 6. The minimum absolute atomic E-state index is 0.0202. The van der Waals surface area contributed by atoms with Gasteiger partial charge in [-0.2, -0.15) is 0 Å². The Morgan fingerprint density at radius 1 is 1.26 bits per heavy atom. The second-order valence-electron chi connectivity index (χ2n) is 8.04. The lowest BCUT2D eigenvalue weighted by Gasteiger charge is -2.12. The van der Waals surface area contributed by atoms with Gasteiger partial charge in [-0.3, -0.25) is 4.79 Å². The van der Waals surface area contributed by atoms with E-state index in [1.807, 2.05) is 6.20 Å². The van der Waals surface area contributed by atoms with Crippen molar-refractivity contribution >= 4 is 11.7 Å². The third-order valence-corrected chi connectivity index (χ3v) is 5.47. The van der Waals surface area contributed by atoms with Crippen LogP contribution in [0.1, 0.15) is 40.4 Å². The van der Waals surface area contributed by atoms with Crippen molar-refractivity contribution in [3.63, 3.8) is 0 Å². The molecule has 0 bridgehead atoms. The molecule has 12 heteroatoms. The Morgan fingerprint density at radius 2 is 2.09 bits per heavy atom. The first-order chi connectivity index (χ1) is 16.4. The van der Waals surface area contributed by atoms with Gasteiger partial charge in [-0.15, -0.1) is 5.10 Å². The second kappa shape index (κ2) is 8.69. The predicted octanol–water partition coefficient (Wildman–Crippen LogP) is 3.76. The van der Waals surface area contributed by atoms with Crippen LogP contribution in [0.3, 0.4) is 0 Å². The summed E-state index contributed by atoms with van der Waals surface area (Å²) in [6, 6.07) is 7.33. The number of nitrogens with zero attached hydrogens (tertiary/aromatic N) is 7. The number of aryl methyl sites for hydroxylation is 1. The van der Waals surface area contributed by atoms with Gasteiger partial charge in [0.25, 0.3) is 12.3 Å². The quantitative estimate of drug-likeness (QED) is 0.443. The number of pyridine rings is 1. The van der Waals surface area contributed by atoms with E-state index >= 15 is 0 Å². The van der Waals surface area contributed by atoms with Gasteiger partial charge in [-0.1, -0.05) is 6.07 Å². The van der Waals surface area contributed by atoms with Gasteiger partial charge in [-0.05, 0) is 60.0 Å². The van der Waals surface area contributed by atoms with Crippen LogP contribution >= 0.6 is 0 Å². The Labute approximate surface area is 191 Å². The molecule has 0 atom stereocenters. The molecular weight excluding hydrogens is 449 g/mol. The summed E-state index contributed by atoms with van der Waals surface area (Å²) in [6.07, 6.45) is 3.11. The van der Waals surface area contributed by atoms with Gasteiger partial charge >= 0.3 is 0 Å². The Bertz CT molecular complexity index is 1360. The van der Waals surface area contributed by atoms with Crippen molar-refractivity contribution < 1.29 is 18.0 Å². The molecular formula is C22H19F3N8O. The van der Waals surface area contributed by atoms with Gasteiger partial charge in [0.05, 0.1) is 23.3 Å². The number of benzene rings is 1. The minimum Gasteiger partial charge on any atom is -0.306 e. The normalized spacial score (nSPS) is 13.4. The Hall–Kier alpha value is -4.09. The third kappa shape index (κ3) is 4.38. The maximum atomic E-state index is 14.7. The number of tetrazole rings is 1. The predicted molar refractivity (Wildman–Crippen MR) is 115 cm³/mol. The highest BCUT2D eigenvalue weighted by atomic mass is 19.3. The number of halogens is 3. The van der Waals surface area contributed by atoms with Crippen molar-refractivity contribution in [2.75, 3.05) is 5.32 Å². The SMILES string of the molecule is Cc1cc(F)c(C(=O)Nc2cccc(-c3nnnn3CC(F)F)n2)cc1-n1cnc(C2CC2)c1. The first kappa shape index (κ1) is 21.7. The van der Waals surface area contributed by atoms with Gasteiger partial charge in [-0.25, -0.2) is 27.8 Å². The molecule has 3 heterocycles. The average Bonchev–Trinajstić information content (AvgIpc) is 3.34. The van der Waals surface area contributed by atoms with Crippen LogP contribution in [0.2, 0.25) is 0 Å². The zero-order valence-corrected chi connectivity index (χ0v) is 18.0. The number of imidazole rings is 1. The van der Waals surface area contributed by atoms with Crippen molar-refractivity contribution in [1.82, 2.24) is 34.7 Å². The molecule has 0 spiro atoms. The summed E-state index contributed by atoms with van der Waals surface area (Å²) < 4.78 is 42.9. The molecule has 174 valence electrons. The summed E-state index contributed by atoms with van der Waals surface area (Å²) in [4.78, 5) is 21.5. The van der Waals surface area contributed by atoms with E-state index in [0.717, 1.165) is 23.2 Å². The first-order valence-corrected chi connectivity index (χ1v) is 10.6. The van der Waals surface area contributed by atoms with Crippen molar-refractivity contribution in [2.24, 2.45) is 0 Å². The number of nitrogens with one attached hydrogen (secondary N) is 1. The molecule has 0 radical (unpaired) electrons. The second-order valence-corrected chi connectivity index (χ2v) is 8.04. The van der Waals surface area contributed by atoms with E-state index in [2.05, 4.69) is 30.8 Å². The molecule has 1 aliphatic carbocycles. The average molecular weight is 468 g/mol. The smallest absolute Gasteiger partial charge is 0.259 e. The number of rotatable bonds is 7. The van der Waals surface area contributed by atoms with Crippen molar-refractivity contribution in [3.8, 4) is 17.2 Å². The molecule has 1 fully saturated rings. The molecule has 9 nitrogen and oxygen atoms in total. The molecule has 1 aliphatic rings. The molecule has 4 aromatic rings. The number of hydrogen-bond donors (Lipinski definition) is 1. The van der Waals surface area contributed by atoms with E-state index in [9.17, 15) is 18.0 Å². The summed E-state index contributed by atoms with van der Waals surface area (Å²) in [5.41, 5.74) is 2.28. The first-order valence-electron chi connectivity index (χ1n) is 10.6. The lowest BCUT2D eigenvalue weighted by atomic mass is 10.1. The topological polar surface area (TPSA) is 103 Å².